The maximum Gasteiger partial charge on any atom is 0.183 e. The average Bonchev–Trinajstić information content (AvgIpc) is 1.99. The number of nitrogens with two attached hydrogens (primary N) is 1. The quantitative estimate of drug-likeness (QED) is 0.273. The van der Waals surface area contributed by atoms with Crippen LogP contribution in [0.1, 0.15) is 0 Å². The van der Waals surface area contributed by atoms with Crippen molar-refractivity contribution >= 4 is 11.4 Å². The predicted octanol–water partition coefficient (Wildman–Crippen LogP) is 0.722. The molecular weight excluding hydrogens is 144 g/mol. The Morgan fingerprint density at radius 3 is 2.45 bits per heavy atom. The fraction of sp³-hybridized carbons (Fsp3) is 0.143. The molecule has 0 saturated carbocycles. The Morgan fingerprint density at radius 1 is 1.36 bits per heavy atom. The maximum atomic E-state index is 9.19. The maximum absolute atomic E-state index is 9.19. The Morgan fingerprint density at radius 2 is 2.00 bits per heavy atom. The minimum Gasteiger partial charge on any atom is -0.504 e. The molecule has 5 N–H and O–H groups in total. The van der Waals surface area contributed by atoms with Crippen molar-refractivity contribution in [2.24, 2.45) is 0 Å². The first kappa shape index (κ1) is 7.53. The lowest BCUT2D eigenvalue weighted by molar-refractivity contribution is 0.405. The van der Waals surface area contributed by atoms with Gasteiger partial charge in [-0.15, -0.1) is 0 Å². The van der Waals surface area contributed by atoms with Gasteiger partial charge in [-0.3, -0.25) is 0 Å². The standard InChI is InChI=1S/C7H10N2O2/c1-9-6-4(8)2-3-5(10)7(6)11/h2-3,9-11H,8H2,1H3. The fourth-order valence-corrected chi connectivity index (χ4v) is 0.859. The molecule has 1 aromatic rings. The molecule has 0 spiro atoms. The number of hydrogen-bond donors (Lipinski definition) is 4. The number of benzene rings is 1. The van der Waals surface area contributed by atoms with E-state index in [2.05, 4.69) is 5.32 Å². The molecule has 0 aliphatic heterocycles. The lowest BCUT2D eigenvalue weighted by Crippen LogP contribution is -1.95. The van der Waals surface area contributed by atoms with Crippen LogP contribution in [0.2, 0.25) is 0 Å². The second kappa shape index (κ2) is 2.57. The van der Waals surface area contributed by atoms with E-state index in [0.717, 1.165) is 0 Å². The molecule has 0 saturated heterocycles. The van der Waals surface area contributed by atoms with Gasteiger partial charge >= 0.3 is 0 Å². The third-order valence-corrected chi connectivity index (χ3v) is 1.44. The summed E-state index contributed by atoms with van der Waals surface area (Å²) in [6.45, 7) is 0. The zero-order valence-corrected chi connectivity index (χ0v) is 6.13. The largest absolute Gasteiger partial charge is 0.504 e. The van der Waals surface area contributed by atoms with Crippen molar-refractivity contribution in [3.8, 4) is 11.5 Å². The minimum atomic E-state index is -0.215. The normalized spacial score (nSPS) is 9.55. The van der Waals surface area contributed by atoms with Gasteiger partial charge in [0.1, 0.15) is 5.69 Å². The van der Waals surface area contributed by atoms with Crippen molar-refractivity contribution in [3.63, 3.8) is 0 Å². The van der Waals surface area contributed by atoms with Crippen LogP contribution < -0.4 is 11.1 Å². The van der Waals surface area contributed by atoms with Gasteiger partial charge in [0, 0.05) is 7.05 Å². The van der Waals surface area contributed by atoms with Gasteiger partial charge in [-0.05, 0) is 12.1 Å². The van der Waals surface area contributed by atoms with Crippen LogP contribution in [-0.2, 0) is 0 Å². The number of nitrogen functional groups attached to an aromatic ring is 1. The van der Waals surface area contributed by atoms with E-state index in [0.29, 0.717) is 11.4 Å². The molecular formula is C7H10N2O2. The summed E-state index contributed by atoms with van der Waals surface area (Å²) in [6.07, 6.45) is 0. The molecule has 0 fully saturated rings. The number of phenols is 2. The Labute approximate surface area is 64.3 Å². The highest BCUT2D eigenvalue weighted by atomic mass is 16.3. The Balaban J connectivity index is 3.29. The summed E-state index contributed by atoms with van der Waals surface area (Å²) in [5.41, 5.74) is 6.22. The highest BCUT2D eigenvalue weighted by Crippen LogP contribution is 2.36. The number of rotatable bonds is 1. The first-order valence-electron chi connectivity index (χ1n) is 3.15. The molecule has 60 valence electrons. The van der Waals surface area contributed by atoms with E-state index in [-0.39, 0.29) is 11.5 Å². The predicted molar refractivity (Wildman–Crippen MR) is 43.7 cm³/mol. The second-order valence-corrected chi connectivity index (χ2v) is 2.15. The molecule has 0 radical (unpaired) electrons. The molecule has 0 amide bonds. The molecule has 4 heteroatoms. The monoisotopic (exact) mass is 154 g/mol. The van der Waals surface area contributed by atoms with Crippen molar-refractivity contribution in [1.82, 2.24) is 0 Å². The van der Waals surface area contributed by atoms with Crippen LogP contribution in [-0.4, -0.2) is 17.3 Å². The van der Waals surface area contributed by atoms with Crippen LogP contribution in [0.3, 0.4) is 0 Å². The lowest BCUT2D eigenvalue weighted by Gasteiger charge is -2.07. The van der Waals surface area contributed by atoms with Crippen LogP contribution in [0.5, 0.6) is 11.5 Å². The molecule has 0 unspecified atom stereocenters. The van der Waals surface area contributed by atoms with Crippen molar-refractivity contribution in [2.75, 3.05) is 18.1 Å². The molecule has 0 heterocycles. The molecule has 0 aliphatic rings. The van der Waals surface area contributed by atoms with Gasteiger partial charge in [0.2, 0.25) is 0 Å². The van der Waals surface area contributed by atoms with Crippen LogP contribution in [0, 0.1) is 0 Å². The molecule has 0 aromatic heterocycles. The molecule has 0 atom stereocenters. The van der Waals surface area contributed by atoms with Crippen LogP contribution in [0.25, 0.3) is 0 Å². The molecule has 1 rings (SSSR count). The molecule has 4 nitrogen and oxygen atoms in total. The van der Waals surface area contributed by atoms with Crippen molar-refractivity contribution in [2.45, 2.75) is 0 Å². The molecule has 0 bridgehead atoms. The lowest BCUT2D eigenvalue weighted by atomic mass is 10.2. The summed E-state index contributed by atoms with van der Waals surface area (Å²) in [6, 6.07) is 2.85. The third kappa shape index (κ3) is 1.14. The van der Waals surface area contributed by atoms with Crippen LogP contribution >= 0.6 is 0 Å². The number of nitrogens with one attached hydrogen (secondary N) is 1. The van der Waals surface area contributed by atoms with Gasteiger partial charge < -0.3 is 21.3 Å². The number of anilines is 2. The van der Waals surface area contributed by atoms with E-state index >= 15 is 0 Å². The van der Waals surface area contributed by atoms with Gasteiger partial charge in [-0.1, -0.05) is 0 Å². The first-order valence-corrected chi connectivity index (χ1v) is 3.15. The van der Waals surface area contributed by atoms with E-state index in [1.807, 2.05) is 0 Å². The van der Waals surface area contributed by atoms with Crippen LogP contribution in [0.4, 0.5) is 11.4 Å². The van der Waals surface area contributed by atoms with Gasteiger partial charge in [-0.25, -0.2) is 0 Å². The summed E-state index contributed by atoms with van der Waals surface area (Å²) in [4.78, 5) is 0. The molecule has 11 heavy (non-hydrogen) atoms. The van der Waals surface area contributed by atoms with Gasteiger partial charge in [0.15, 0.2) is 11.5 Å². The summed E-state index contributed by atoms with van der Waals surface area (Å²) in [5, 5.41) is 20.9. The summed E-state index contributed by atoms with van der Waals surface area (Å²) >= 11 is 0. The summed E-state index contributed by atoms with van der Waals surface area (Å²) in [7, 11) is 1.62. The fourth-order valence-electron chi connectivity index (χ4n) is 0.859. The van der Waals surface area contributed by atoms with E-state index in [9.17, 15) is 5.11 Å². The van der Waals surface area contributed by atoms with Gasteiger partial charge in [0.25, 0.3) is 0 Å². The number of hydrogen-bond acceptors (Lipinski definition) is 4. The number of aromatic hydroxyl groups is 2. The number of phenolic OH excluding ortho intramolecular Hbond substituents is 2. The summed E-state index contributed by atoms with van der Waals surface area (Å²) in [5.74, 6) is -0.393. The third-order valence-electron chi connectivity index (χ3n) is 1.44. The van der Waals surface area contributed by atoms with E-state index in [1.54, 1.807) is 7.05 Å². The second-order valence-electron chi connectivity index (χ2n) is 2.15. The first-order chi connectivity index (χ1) is 5.16. The summed E-state index contributed by atoms with van der Waals surface area (Å²) < 4.78 is 0. The Kier molecular flexibility index (Phi) is 1.76. The Hall–Kier alpha value is -1.58. The molecule has 1 aromatic carbocycles. The molecule has 0 aliphatic carbocycles. The highest BCUT2D eigenvalue weighted by molar-refractivity contribution is 5.76. The zero-order chi connectivity index (χ0) is 8.43. The SMILES string of the molecule is CNc1c(N)ccc(O)c1O. The zero-order valence-electron chi connectivity index (χ0n) is 6.13. The van der Waals surface area contributed by atoms with Crippen molar-refractivity contribution in [1.29, 1.82) is 0 Å². The van der Waals surface area contributed by atoms with Crippen molar-refractivity contribution in [3.05, 3.63) is 12.1 Å². The van der Waals surface area contributed by atoms with E-state index < -0.39 is 0 Å². The average molecular weight is 154 g/mol. The van der Waals surface area contributed by atoms with Gasteiger partial charge in [-0.2, -0.15) is 0 Å². The van der Waals surface area contributed by atoms with Crippen molar-refractivity contribution < 1.29 is 10.2 Å². The van der Waals surface area contributed by atoms with Gasteiger partial charge in [0.05, 0.1) is 5.69 Å². The minimum absolute atomic E-state index is 0.177. The topological polar surface area (TPSA) is 78.5 Å². The van der Waals surface area contributed by atoms with Crippen LogP contribution in [0.15, 0.2) is 12.1 Å². The Bertz CT molecular complexity index is 273. The highest BCUT2D eigenvalue weighted by Gasteiger charge is 2.07. The van der Waals surface area contributed by atoms with E-state index in [1.165, 1.54) is 12.1 Å². The van der Waals surface area contributed by atoms with E-state index in [4.69, 9.17) is 10.8 Å². The smallest absolute Gasteiger partial charge is 0.183 e.